The van der Waals surface area contributed by atoms with Crippen molar-refractivity contribution in [1.29, 1.82) is 0 Å². The fraction of sp³-hybridized carbons (Fsp3) is 0.333. The lowest BCUT2D eigenvalue weighted by Crippen LogP contribution is -2.35. The fourth-order valence-electron chi connectivity index (χ4n) is 3.12. The first-order valence-electron chi connectivity index (χ1n) is 7.95. The normalized spacial score (nSPS) is 15.2. The van der Waals surface area contributed by atoms with E-state index in [9.17, 15) is 4.79 Å². The van der Waals surface area contributed by atoms with Gasteiger partial charge in [0.2, 0.25) is 11.1 Å². The molecule has 0 atom stereocenters. The maximum atomic E-state index is 12.8. The van der Waals surface area contributed by atoms with Crippen LogP contribution in [0.25, 0.3) is 22.1 Å². The Hall–Kier alpha value is -2.15. The minimum Gasteiger partial charge on any atom is -0.496 e. The molecule has 7 heteroatoms. The van der Waals surface area contributed by atoms with Crippen LogP contribution in [0.3, 0.4) is 0 Å². The SMILES string of the molecule is COc1ccc2c(=O)c3cccnc3oc2c1CN1CCOCC1.Cl. The lowest BCUT2D eigenvalue weighted by molar-refractivity contribution is 0.0339. The van der Waals surface area contributed by atoms with Crippen LogP contribution in [0, 0.1) is 0 Å². The Kier molecular flexibility index (Phi) is 5.22. The monoisotopic (exact) mass is 362 g/mol. The molecule has 2 aromatic heterocycles. The minimum absolute atomic E-state index is 0. The lowest BCUT2D eigenvalue weighted by Gasteiger charge is -2.27. The second kappa shape index (κ2) is 7.39. The van der Waals surface area contributed by atoms with Gasteiger partial charge >= 0.3 is 0 Å². The molecule has 3 aromatic rings. The third-order valence-electron chi connectivity index (χ3n) is 4.38. The van der Waals surface area contributed by atoms with E-state index >= 15 is 0 Å². The number of nitrogens with zero attached hydrogens (tertiary/aromatic N) is 2. The molecule has 0 saturated carbocycles. The van der Waals surface area contributed by atoms with Crippen molar-refractivity contribution >= 4 is 34.5 Å². The number of aromatic nitrogens is 1. The number of ether oxygens (including phenoxy) is 2. The van der Waals surface area contributed by atoms with Crippen molar-refractivity contribution in [3.63, 3.8) is 0 Å². The van der Waals surface area contributed by atoms with Crippen LogP contribution in [0.4, 0.5) is 0 Å². The summed E-state index contributed by atoms with van der Waals surface area (Å²) in [6.45, 7) is 3.75. The summed E-state index contributed by atoms with van der Waals surface area (Å²) in [5, 5.41) is 1.05. The van der Waals surface area contributed by atoms with E-state index in [0.717, 1.165) is 18.7 Å². The maximum absolute atomic E-state index is 12.8. The molecule has 0 aliphatic carbocycles. The van der Waals surface area contributed by atoms with Crippen molar-refractivity contribution < 1.29 is 13.9 Å². The summed E-state index contributed by atoms with van der Waals surface area (Å²) >= 11 is 0. The zero-order valence-corrected chi connectivity index (χ0v) is 14.7. The molecule has 0 radical (unpaired) electrons. The predicted molar refractivity (Wildman–Crippen MR) is 97.7 cm³/mol. The van der Waals surface area contributed by atoms with Crippen LogP contribution in [0.5, 0.6) is 5.75 Å². The largest absolute Gasteiger partial charge is 0.496 e. The number of rotatable bonds is 3. The van der Waals surface area contributed by atoms with Crippen molar-refractivity contribution in [1.82, 2.24) is 9.88 Å². The van der Waals surface area contributed by atoms with Gasteiger partial charge in [-0.1, -0.05) is 0 Å². The van der Waals surface area contributed by atoms with Crippen LogP contribution in [-0.2, 0) is 11.3 Å². The Labute approximate surface area is 150 Å². The van der Waals surface area contributed by atoms with Gasteiger partial charge < -0.3 is 13.9 Å². The molecule has 0 bridgehead atoms. The molecular formula is C18H19ClN2O4. The van der Waals surface area contributed by atoms with Crippen molar-refractivity contribution in [3.05, 3.63) is 46.2 Å². The minimum atomic E-state index is -0.0646. The van der Waals surface area contributed by atoms with Crippen LogP contribution >= 0.6 is 12.4 Å². The molecule has 1 aromatic carbocycles. The van der Waals surface area contributed by atoms with Gasteiger partial charge in [0.1, 0.15) is 11.3 Å². The number of pyridine rings is 1. The summed E-state index contributed by atoms with van der Waals surface area (Å²) < 4.78 is 16.9. The molecule has 1 saturated heterocycles. The van der Waals surface area contributed by atoms with Gasteiger partial charge in [0.15, 0.2) is 0 Å². The fourth-order valence-corrected chi connectivity index (χ4v) is 3.12. The number of hydrogen-bond acceptors (Lipinski definition) is 6. The smallest absolute Gasteiger partial charge is 0.230 e. The van der Waals surface area contributed by atoms with Crippen LogP contribution in [0.1, 0.15) is 5.56 Å². The first-order chi connectivity index (χ1) is 11.8. The third-order valence-corrected chi connectivity index (χ3v) is 4.38. The molecular weight excluding hydrogens is 344 g/mol. The van der Waals surface area contributed by atoms with Gasteiger partial charge in [-0.05, 0) is 24.3 Å². The molecule has 1 aliphatic rings. The zero-order chi connectivity index (χ0) is 16.5. The topological polar surface area (TPSA) is 64.8 Å². The summed E-state index contributed by atoms with van der Waals surface area (Å²) in [6.07, 6.45) is 1.62. The highest BCUT2D eigenvalue weighted by molar-refractivity contribution is 5.90. The van der Waals surface area contributed by atoms with Crippen LogP contribution < -0.4 is 10.2 Å². The van der Waals surface area contributed by atoms with Gasteiger partial charge in [-0.3, -0.25) is 9.69 Å². The molecule has 25 heavy (non-hydrogen) atoms. The third kappa shape index (κ3) is 3.20. The number of benzene rings is 1. The number of morpholine rings is 1. The number of hydrogen-bond donors (Lipinski definition) is 0. The van der Waals surface area contributed by atoms with Crippen LogP contribution in [0.2, 0.25) is 0 Å². The molecule has 132 valence electrons. The molecule has 1 fully saturated rings. The molecule has 6 nitrogen and oxygen atoms in total. The Morgan fingerprint density at radius 2 is 2.00 bits per heavy atom. The number of fused-ring (bicyclic) bond motifs is 2. The Morgan fingerprint density at radius 3 is 2.76 bits per heavy atom. The molecule has 1 aliphatic heterocycles. The average Bonchev–Trinajstić information content (AvgIpc) is 2.63. The lowest BCUT2D eigenvalue weighted by atomic mass is 10.1. The number of halogens is 1. The molecule has 3 heterocycles. The van der Waals surface area contributed by atoms with E-state index in [0.29, 0.717) is 47.6 Å². The molecule has 4 rings (SSSR count). The molecule has 0 amide bonds. The molecule has 0 unspecified atom stereocenters. The summed E-state index contributed by atoms with van der Waals surface area (Å²) in [6, 6.07) is 7.06. The average molecular weight is 363 g/mol. The van der Waals surface area contributed by atoms with Crippen LogP contribution in [-0.4, -0.2) is 43.3 Å². The van der Waals surface area contributed by atoms with E-state index in [1.807, 2.05) is 6.07 Å². The highest BCUT2D eigenvalue weighted by Gasteiger charge is 2.19. The maximum Gasteiger partial charge on any atom is 0.230 e. The van der Waals surface area contributed by atoms with Crippen molar-refractivity contribution in [2.75, 3.05) is 33.4 Å². The quantitative estimate of drug-likeness (QED) is 0.667. The first kappa shape index (κ1) is 17.7. The van der Waals surface area contributed by atoms with Gasteiger partial charge in [-0.15, -0.1) is 12.4 Å². The Balaban J connectivity index is 0.00000182. The number of methoxy groups -OCH3 is 1. The zero-order valence-electron chi connectivity index (χ0n) is 13.9. The Bertz CT molecular complexity index is 951. The van der Waals surface area contributed by atoms with Gasteiger partial charge in [0.25, 0.3) is 0 Å². The summed E-state index contributed by atoms with van der Waals surface area (Å²) in [5.41, 5.74) is 1.72. The summed E-state index contributed by atoms with van der Waals surface area (Å²) in [5.74, 6) is 0.715. The van der Waals surface area contributed by atoms with Crippen molar-refractivity contribution in [2.24, 2.45) is 0 Å². The van der Waals surface area contributed by atoms with Crippen molar-refractivity contribution in [2.45, 2.75) is 6.54 Å². The van der Waals surface area contributed by atoms with Gasteiger partial charge in [-0.2, -0.15) is 0 Å². The second-order valence-electron chi connectivity index (χ2n) is 5.80. The van der Waals surface area contributed by atoms with E-state index in [4.69, 9.17) is 13.9 Å². The first-order valence-corrected chi connectivity index (χ1v) is 7.95. The van der Waals surface area contributed by atoms with Crippen molar-refractivity contribution in [3.8, 4) is 5.75 Å². The summed E-state index contributed by atoms with van der Waals surface area (Å²) in [7, 11) is 1.63. The van der Waals surface area contributed by atoms with E-state index in [-0.39, 0.29) is 17.8 Å². The van der Waals surface area contributed by atoms with E-state index in [1.165, 1.54) is 0 Å². The van der Waals surface area contributed by atoms with E-state index < -0.39 is 0 Å². The predicted octanol–water partition coefficient (Wildman–Crippen LogP) is 2.60. The summed E-state index contributed by atoms with van der Waals surface area (Å²) in [4.78, 5) is 19.2. The van der Waals surface area contributed by atoms with Gasteiger partial charge in [0, 0.05) is 25.8 Å². The van der Waals surface area contributed by atoms with Gasteiger partial charge in [0.05, 0.1) is 36.7 Å². The highest BCUT2D eigenvalue weighted by Crippen LogP contribution is 2.29. The Morgan fingerprint density at radius 1 is 1.20 bits per heavy atom. The van der Waals surface area contributed by atoms with Crippen LogP contribution in [0.15, 0.2) is 39.7 Å². The highest BCUT2D eigenvalue weighted by atomic mass is 35.5. The van der Waals surface area contributed by atoms with Gasteiger partial charge in [-0.25, -0.2) is 4.98 Å². The van der Waals surface area contributed by atoms with E-state index in [1.54, 1.807) is 31.5 Å². The second-order valence-corrected chi connectivity index (χ2v) is 5.80. The standard InChI is InChI=1S/C18H18N2O4.ClH/c1-22-15-5-4-12-16(21)13-3-2-6-19-18(13)24-17(12)14(15)11-20-7-9-23-10-8-20;/h2-6H,7-11H2,1H3;1H. The molecule has 0 spiro atoms. The molecule has 0 N–H and O–H groups in total. The van der Waals surface area contributed by atoms with E-state index in [2.05, 4.69) is 9.88 Å².